The minimum atomic E-state index is -0.105. The minimum absolute atomic E-state index is 0.105. The Morgan fingerprint density at radius 1 is 0.971 bits per heavy atom. The Balaban J connectivity index is 1.58. The van der Waals surface area contributed by atoms with Crippen LogP contribution in [-0.2, 0) is 6.42 Å². The summed E-state index contributed by atoms with van der Waals surface area (Å²) in [4.78, 5) is 16.2. The van der Waals surface area contributed by atoms with Crippen molar-refractivity contribution in [2.75, 3.05) is 34.9 Å². The fourth-order valence-electron chi connectivity index (χ4n) is 3.63. The first-order chi connectivity index (χ1) is 16.5. The molecule has 0 aliphatic heterocycles. The van der Waals surface area contributed by atoms with Crippen LogP contribution in [0.2, 0.25) is 0 Å². The van der Waals surface area contributed by atoms with Crippen LogP contribution in [0.15, 0.2) is 66.0 Å². The summed E-state index contributed by atoms with van der Waals surface area (Å²) in [6.45, 7) is 0.538. The number of aromatic nitrogens is 2. The molecule has 4 aromatic rings. The number of methoxy groups -OCH3 is 3. The van der Waals surface area contributed by atoms with Gasteiger partial charge in [0.15, 0.2) is 11.5 Å². The van der Waals surface area contributed by atoms with Crippen LogP contribution >= 0.6 is 11.3 Å². The molecule has 2 aromatic heterocycles. The van der Waals surface area contributed by atoms with E-state index >= 15 is 0 Å². The largest absolute Gasteiger partial charge is 0.497 e. The van der Waals surface area contributed by atoms with Gasteiger partial charge >= 0.3 is 0 Å². The number of hydrogen-bond donors (Lipinski definition) is 0. The molecule has 0 spiro atoms. The average Bonchev–Trinajstić information content (AvgIpc) is 3.57. The lowest BCUT2D eigenvalue weighted by atomic mass is 10.1. The van der Waals surface area contributed by atoms with E-state index in [2.05, 4.69) is 0 Å². The predicted octanol–water partition coefficient (Wildman–Crippen LogP) is 4.94. The molecular weight excluding hydrogens is 450 g/mol. The van der Waals surface area contributed by atoms with Crippen molar-refractivity contribution in [2.24, 2.45) is 0 Å². The van der Waals surface area contributed by atoms with Crippen molar-refractivity contribution in [2.45, 2.75) is 6.42 Å². The zero-order chi connectivity index (χ0) is 24.1. The van der Waals surface area contributed by atoms with Gasteiger partial charge in [0.05, 0.1) is 31.9 Å². The summed E-state index contributed by atoms with van der Waals surface area (Å²) < 4.78 is 17.7. The van der Waals surface area contributed by atoms with Gasteiger partial charge in [-0.1, -0.05) is 12.1 Å². The monoisotopic (exact) mass is 477 g/mol. The third kappa shape index (κ3) is 4.92. The molecule has 0 radical (unpaired) electrons. The molecular formula is C26H27N3O4S. The van der Waals surface area contributed by atoms with E-state index < -0.39 is 0 Å². The summed E-state index contributed by atoms with van der Waals surface area (Å²) in [5, 5.41) is 6.75. The molecule has 1 amide bonds. The van der Waals surface area contributed by atoms with Crippen LogP contribution in [-0.4, -0.2) is 55.5 Å². The average molecular weight is 478 g/mol. The summed E-state index contributed by atoms with van der Waals surface area (Å²) in [6, 6.07) is 19.1. The number of amides is 1. The first-order valence-electron chi connectivity index (χ1n) is 10.8. The molecule has 0 unspecified atom stereocenters. The van der Waals surface area contributed by atoms with Gasteiger partial charge in [0.2, 0.25) is 0 Å². The normalized spacial score (nSPS) is 10.7. The summed E-state index contributed by atoms with van der Waals surface area (Å²) in [5.41, 5.74) is 3.12. The van der Waals surface area contributed by atoms with E-state index in [1.807, 2.05) is 66.0 Å². The van der Waals surface area contributed by atoms with E-state index in [4.69, 9.17) is 19.3 Å². The van der Waals surface area contributed by atoms with Crippen molar-refractivity contribution in [3.8, 4) is 33.5 Å². The molecule has 4 rings (SSSR count). The summed E-state index contributed by atoms with van der Waals surface area (Å²) in [6.07, 6.45) is 0.678. The number of likely N-dealkylation sites (N-methyl/N-ethyl adjacent to an activating group) is 1. The number of carbonyl (C=O) groups is 1. The first kappa shape index (κ1) is 23.4. The number of ether oxygens (including phenoxy) is 3. The number of hydrogen-bond acceptors (Lipinski definition) is 6. The Bertz CT molecular complexity index is 1250. The number of rotatable bonds is 9. The molecule has 2 heterocycles. The highest BCUT2D eigenvalue weighted by atomic mass is 32.1. The lowest BCUT2D eigenvalue weighted by Crippen LogP contribution is -2.30. The molecule has 34 heavy (non-hydrogen) atoms. The van der Waals surface area contributed by atoms with Crippen LogP contribution in [0.4, 0.5) is 0 Å². The van der Waals surface area contributed by atoms with E-state index in [-0.39, 0.29) is 5.91 Å². The molecule has 0 saturated carbocycles. The van der Waals surface area contributed by atoms with Gasteiger partial charge in [-0.3, -0.25) is 4.79 Å². The van der Waals surface area contributed by atoms with Crippen molar-refractivity contribution >= 4 is 17.2 Å². The van der Waals surface area contributed by atoms with Crippen molar-refractivity contribution in [3.63, 3.8) is 0 Å². The van der Waals surface area contributed by atoms with E-state index in [1.54, 1.807) is 49.3 Å². The molecule has 0 aliphatic rings. The maximum atomic E-state index is 13.5. The second-order valence-electron chi connectivity index (χ2n) is 7.67. The summed E-state index contributed by atoms with van der Waals surface area (Å²) in [7, 11) is 6.66. The van der Waals surface area contributed by atoms with Crippen LogP contribution in [0.25, 0.3) is 16.3 Å². The first-order valence-corrected chi connectivity index (χ1v) is 11.7. The molecule has 0 fully saturated rings. The fraction of sp³-hybridized carbons (Fsp3) is 0.231. The van der Waals surface area contributed by atoms with Gasteiger partial charge in [-0.05, 0) is 65.9 Å². The van der Waals surface area contributed by atoms with Crippen molar-refractivity contribution in [1.82, 2.24) is 14.7 Å². The van der Waals surface area contributed by atoms with Crippen LogP contribution in [0, 0.1) is 0 Å². The molecule has 0 bridgehead atoms. The molecule has 0 N–H and O–H groups in total. The highest BCUT2D eigenvalue weighted by molar-refractivity contribution is 7.13. The zero-order valence-corrected chi connectivity index (χ0v) is 20.5. The van der Waals surface area contributed by atoms with E-state index in [1.165, 1.54) is 0 Å². The molecule has 0 aliphatic carbocycles. The number of thiophene rings is 1. The van der Waals surface area contributed by atoms with E-state index in [0.717, 1.165) is 27.6 Å². The smallest absolute Gasteiger partial charge is 0.272 e. The number of benzene rings is 2. The number of carbonyl (C=O) groups excluding carboxylic acids is 1. The Kier molecular flexibility index (Phi) is 7.18. The maximum absolute atomic E-state index is 13.5. The van der Waals surface area contributed by atoms with Crippen LogP contribution in [0.1, 0.15) is 16.1 Å². The molecule has 8 heteroatoms. The van der Waals surface area contributed by atoms with Crippen LogP contribution < -0.4 is 14.2 Å². The van der Waals surface area contributed by atoms with Gasteiger partial charge in [-0.15, -0.1) is 11.3 Å². The van der Waals surface area contributed by atoms with Gasteiger partial charge in [0, 0.05) is 13.6 Å². The Hall–Kier alpha value is -3.78. The summed E-state index contributed by atoms with van der Waals surface area (Å²) in [5.74, 6) is 1.99. The molecule has 176 valence electrons. The molecule has 7 nitrogen and oxygen atoms in total. The van der Waals surface area contributed by atoms with Crippen molar-refractivity contribution < 1.29 is 19.0 Å². The lowest BCUT2D eigenvalue weighted by Gasteiger charge is -2.18. The standard InChI is InChI=1S/C26H27N3O4S/c1-28(14-13-18-7-12-23(32-3)24(16-18)33-4)26(30)22-17-21(25-6-5-15-34-25)27-29(22)19-8-10-20(31-2)11-9-19/h5-12,15-17H,13-14H2,1-4H3. The van der Waals surface area contributed by atoms with Crippen LogP contribution in [0.3, 0.4) is 0 Å². The molecule has 2 aromatic carbocycles. The topological polar surface area (TPSA) is 65.8 Å². The maximum Gasteiger partial charge on any atom is 0.272 e. The minimum Gasteiger partial charge on any atom is -0.497 e. The Morgan fingerprint density at radius 3 is 2.38 bits per heavy atom. The quantitative estimate of drug-likeness (QED) is 0.342. The van der Waals surface area contributed by atoms with Gasteiger partial charge < -0.3 is 19.1 Å². The molecule has 0 saturated heterocycles. The number of nitrogens with zero attached hydrogens (tertiary/aromatic N) is 3. The fourth-order valence-corrected chi connectivity index (χ4v) is 4.31. The highest BCUT2D eigenvalue weighted by Gasteiger charge is 2.21. The second kappa shape index (κ2) is 10.4. The van der Waals surface area contributed by atoms with Crippen LogP contribution in [0.5, 0.6) is 17.2 Å². The summed E-state index contributed by atoms with van der Waals surface area (Å²) >= 11 is 1.59. The lowest BCUT2D eigenvalue weighted by molar-refractivity contribution is 0.0787. The second-order valence-corrected chi connectivity index (χ2v) is 8.62. The highest BCUT2D eigenvalue weighted by Crippen LogP contribution is 2.29. The van der Waals surface area contributed by atoms with Crippen molar-refractivity contribution in [3.05, 3.63) is 77.3 Å². The van der Waals surface area contributed by atoms with E-state index in [0.29, 0.717) is 30.2 Å². The van der Waals surface area contributed by atoms with Gasteiger partial charge in [-0.25, -0.2) is 4.68 Å². The zero-order valence-electron chi connectivity index (χ0n) is 19.6. The van der Waals surface area contributed by atoms with Gasteiger partial charge in [-0.2, -0.15) is 5.10 Å². The Morgan fingerprint density at radius 2 is 1.74 bits per heavy atom. The van der Waals surface area contributed by atoms with Gasteiger partial charge in [0.25, 0.3) is 5.91 Å². The predicted molar refractivity (Wildman–Crippen MR) is 134 cm³/mol. The third-order valence-electron chi connectivity index (χ3n) is 5.55. The molecule has 0 atom stereocenters. The SMILES string of the molecule is COc1ccc(-n2nc(-c3cccs3)cc2C(=O)N(C)CCc2ccc(OC)c(OC)c2)cc1. The Labute approximate surface area is 203 Å². The van der Waals surface area contributed by atoms with Gasteiger partial charge in [0.1, 0.15) is 17.1 Å². The third-order valence-corrected chi connectivity index (χ3v) is 6.44. The van der Waals surface area contributed by atoms with Crippen molar-refractivity contribution in [1.29, 1.82) is 0 Å². The van der Waals surface area contributed by atoms with E-state index in [9.17, 15) is 4.79 Å².